The summed E-state index contributed by atoms with van der Waals surface area (Å²) in [5.41, 5.74) is 3.67. The lowest BCUT2D eigenvalue weighted by molar-refractivity contribution is -0.152. The van der Waals surface area contributed by atoms with Gasteiger partial charge in [0, 0.05) is 16.6 Å². The third kappa shape index (κ3) is 5.07. The Balaban J connectivity index is 2.05. The maximum atomic E-state index is 12.3. The van der Waals surface area contributed by atoms with E-state index in [1.807, 2.05) is 34.6 Å². The third-order valence-corrected chi connectivity index (χ3v) is 5.61. The molecule has 36 heavy (non-hydrogen) atoms. The fourth-order valence-electron chi connectivity index (χ4n) is 4.06. The number of hydrogen-bond donors (Lipinski definition) is 2. The summed E-state index contributed by atoms with van der Waals surface area (Å²) >= 11 is 0. The molecule has 0 aliphatic carbocycles. The van der Waals surface area contributed by atoms with Crippen LogP contribution in [-0.2, 0) is 25.5 Å². The lowest BCUT2D eigenvalue weighted by atomic mass is 9.99. The Morgan fingerprint density at radius 1 is 1.08 bits per heavy atom. The average molecular weight is 496 g/mol. The van der Waals surface area contributed by atoms with Crippen LogP contribution in [0.3, 0.4) is 0 Å². The number of carbonyl (C=O) groups excluding carboxylic acids is 3. The van der Waals surface area contributed by atoms with E-state index in [0.717, 1.165) is 21.4 Å². The van der Waals surface area contributed by atoms with Crippen molar-refractivity contribution in [3.63, 3.8) is 0 Å². The summed E-state index contributed by atoms with van der Waals surface area (Å²) in [5.74, 6) is -3.50. The number of aryl methyl sites for hydroxylation is 3. The van der Waals surface area contributed by atoms with Gasteiger partial charge in [-0.3, -0.25) is 9.59 Å². The fourth-order valence-corrected chi connectivity index (χ4v) is 4.06. The number of amides is 1. The summed E-state index contributed by atoms with van der Waals surface area (Å²) in [6.07, 6.45) is 0.547. The molecule has 0 fully saturated rings. The smallest absolute Gasteiger partial charge is 0.397 e. The van der Waals surface area contributed by atoms with Gasteiger partial charge in [0.25, 0.3) is 0 Å². The second kappa shape index (κ2) is 10.6. The van der Waals surface area contributed by atoms with Gasteiger partial charge in [-0.2, -0.15) is 9.78 Å². The highest BCUT2D eigenvalue weighted by Crippen LogP contribution is 2.38. The molecule has 0 aliphatic heterocycles. The van der Waals surface area contributed by atoms with Gasteiger partial charge in [0.2, 0.25) is 0 Å². The van der Waals surface area contributed by atoms with E-state index in [2.05, 4.69) is 10.4 Å². The molecule has 2 N–H and O–H groups in total. The van der Waals surface area contributed by atoms with Crippen LogP contribution in [0.25, 0.3) is 10.9 Å². The molecule has 0 bridgehead atoms. The van der Waals surface area contributed by atoms with E-state index in [-0.39, 0.29) is 12.5 Å². The first-order valence-corrected chi connectivity index (χ1v) is 11.6. The number of aromatic nitrogens is 2. The Labute approximate surface area is 208 Å². The minimum absolute atomic E-state index is 0.0679. The van der Waals surface area contributed by atoms with Crippen LogP contribution in [0.15, 0.2) is 24.3 Å². The summed E-state index contributed by atoms with van der Waals surface area (Å²) in [5, 5.41) is 16.8. The Morgan fingerprint density at radius 2 is 1.72 bits per heavy atom. The van der Waals surface area contributed by atoms with Gasteiger partial charge in [0.15, 0.2) is 0 Å². The van der Waals surface area contributed by atoms with Crippen molar-refractivity contribution >= 4 is 40.3 Å². The Hall–Kier alpha value is -4.21. The Morgan fingerprint density at radius 3 is 2.25 bits per heavy atom. The number of esters is 1. The molecule has 10 nitrogen and oxygen atoms in total. The number of carbonyl (C=O) groups is 4. The number of nitrogens with one attached hydrogen (secondary N) is 1. The number of benzene rings is 2. The van der Waals surface area contributed by atoms with Gasteiger partial charge < -0.3 is 19.9 Å². The number of carboxylic acid groups (broad SMARTS) is 1. The fraction of sp³-hybridized carbons (Fsp3) is 0.346. The van der Waals surface area contributed by atoms with Crippen LogP contribution in [-0.4, -0.2) is 45.2 Å². The highest BCUT2D eigenvalue weighted by Gasteiger charge is 2.25. The van der Waals surface area contributed by atoms with Crippen LogP contribution < -0.4 is 10.1 Å². The molecule has 3 rings (SSSR count). The lowest BCUT2D eigenvalue weighted by Crippen LogP contribution is -2.25. The second-order valence-electron chi connectivity index (χ2n) is 8.57. The summed E-state index contributed by atoms with van der Waals surface area (Å²) in [6.45, 7) is 11.1. The molecule has 0 unspecified atom stereocenters. The van der Waals surface area contributed by atoms with Gasteiger partial charge in [-0.1, -0.05) is 20.8 Å². The summed E-state index contributed by atoms with van der Waals surface area (Å²) in [7, 11) is 0. The SMILES string of the molecule is CCOC(=O)C(=O)Nc1cc(C)c(Oc2ccc3c(c(C(C)C)nn3C(=O)C(=O)O)c2CC)c(C)c1. The zero-order valence-corrected chi connectivity index (χ0v) is 21.1. The molecule has 1 aromatic heterocycles. The van der Waals surface area contributed by atoms with Crippen molar-refractivity contribution in [1.29, 1.82) is 0 Å². The first-order valence-electron chi connectivity index (χ1n) is 11.6. The molecule has 0 aliphatic rings. The number of rotatable bonds is 6. The molecule has 0 atom stereocenters. The number of carboxylic acids is 1. The molecular formula is C26H29N3O7. The van der Waals surface area contributed by atoms with Gasteiger partial charge >= 0.3 is 23.8 Å². The van der Waals surface area contributed by atoms with E-state index in [4.69, 9.17) is 9.47 Å². The number of fused-ring (bicyclic) bond motifs is 1. The molecule has 190 valence electrons. The quantitative estimate of drug-likeness (QED) is 0.380. The largest absolute Gasteiger partial charge is 0.474 e. The highest BCUT2D eigenvalue weighted by atomic mass is 16.5. The van der Waals surface area contributed by atoms with Crippen molar-refractivity contribution in [2.75, 3.05) is 11.9 Å². The maximum Gasteiger partial charge on any atom is 0.397 e. The van der Waals surface area contributed by atoms with E-state index in [1.165, 1.54) is 0 Å². The monoisotopic (exact) mass is 495 g/mol. The summed E-state index contributed by atoms with van der Waals surface area (Å²) in [4.78, 5) is 47.2. The highest BCUT2D eigenvalue weighted by molar-refractivity contribution is 6.37. The Kier molecular flexibility index (Phi) is 7.77. The summed E-state index contributed by atoms with van der Waals surface area (Å²) in [6, 6.07) is 6.69. The maximum absolute atomic E-state index is 12.3. The normalized spacial score (nSPS) is 11.0. The minimum Gasteiger partial charge on any atom is -0.474 e. The van der Waals surface area contributed by atoms with E-state index < -0.39 is 23.8 Å². The van der Waals surface area contributed by atoms with Crippen LogP contribution in [0.4, 0.5) is 5.69 Å². The standard InChI is InChI=1S/C26H29N3O7/c1-7-17-19(10-9-18-20(17)21(13(3)4)28-29(18)24(31)25(32)33)36-22-14(5)11-16(12-15(22)6)27-23(30)26(34)35-8-2/h9-13H,7-8H2,1-6H3,(H,27,30)(H,32,33). The van der Waals surface area contributed by atoms with Gasteiger partial charge in [-0.15, -0.1) is 0 Å². The van der Waals surface area contributed by atoms with Crippen LogP contribution in [0.1, 0.15) is 60.8 Å². The molecule has 0 radical (unpaired) electrons. The minimum atomic E-state index is -1.59. The zero-order chi connectivity index (χ0) is 26.7. The molecule has 0 saturated heterocycles. The number of nitrogens with zero attached hydrogens (tertiary/aromatic N) is 2. The van der Waals surface area contributed by atoms with Gasteiger partial charge in [0.05, 0.1) is 17.8 Å². The van der Waals surface area contributed by atoms with Gasteiger partial charge in [0.1, 0.15) is 11.5 Å². The summed E-state index contributed by atoms with van der Waals surface area (Å²) < 4.78 is 12.0. The van der Waals surface area contributed by atoms with Crippen molar-refractivity contribution in [3.05, 3.63) is 46.6 Å². The molecular weight excluding hydrogens is 466 g/mol. The number of anilines is 1. The molecule has 1 amide bonds. The van der Waals surface area contributed by atoms with Gasteiger partial charge in [-0.05, 0) is 68.5 Å². The van der Waals surface area contributed by atoms with E-state index >= 15 is 0 Å². The molecule has 0 spiro atoms. The average Bonchev–Trinajstić information content (AvgIpc) is 3.20. The van der Waals surface area contributed by atoms with E-state index in [0.29, 0.717) is 40.2 Å². The molecule has 0 saturated carbocycles. The van der Waals surface area contributed by atoms with Crippen molar-refractivity contribution in [3.8, 4) is 11.5 Å². The second-order valence-corrected chi connectivity index (χ2v) is 8.57. The number of ether oxygens (including phenoxy) is 2. The van der Waals surface area contributed by atoms with E-state index in [9.17, 15) is 24.3 Å². The van der Waals surface area contributed by atoms with Crippen molar-refractivity contribution in [1.82, 2.24) is 9.78 Å². The number of hydrogen-bond acceptors (Lipinski definition) is 7. The van der Waals surface area contributed by atoms with Gasteiger partial charge in [-0.25, -0.2) is 9.59 Å². The van der Waals surface area contributed by atoms with Crippen molar-refractivity contribution < 1.29 is 33.8 Å². The molecule has 10 heteroatoms. The molecule has 3 aromatic rings. The first kappa shape index (κ1) is 26.4. The van der Waals surface area contributed by atoms with Crippen molar-refractivity contribution in [2.45, 2.75) is 53.9 Å². The van der Waals surface area contributed by atoms with Crippen LogP contribution >= 0.6 is 0 Å². The predicted molar refractivity (Wildman–Crippen MR) is 133 cm³/mol. The zero-order valence-electron chi connectivity index (χ0n) is 21.1. The molecule has 2 aromatic carbocycles. The van der Waals surface area contributed by atoms with Crippen LogP contribution in [0, 0.1) is 13.8 Å². The van der Waals surface area contributed by atoms with E-state index in [1.54, 1.807) is 31.2 Å². The first-order chi connectivity index (χ1) is 17.0. The molecule has 1 heterocycles. The van der Waals surface area contributed by atoms with Crippen molar-refractivity contribution in [2.24, 2.45) is 0 Å². The lowest BCUT2D eigenvalue weighted by Gasteiger charge is -2.17. The Bertz CT molecular complexity index is 1350. The topological polar surface area (TPSA) is 137 Å². The van der Waals surface area contributed by atoms with Crippen LogP contribution in [0.5, 0.6) is 11.5 Å². The van der Waals surface area contributed by atoms with Crippen LogP contribution in [0.2, 0.25) is 0 Å². The third-order valence-electron chi connectivity index (χ3n) is 5.61. The predicted octanol–water partition coefficient (Wildman–Crippen LogP) is 4.36. The number of aliphatic carboxylic acids is 1.